The topological polar surface area (TPSA) is 89.5 Å². The third-order valence-electron chi connectivity index (χ3n) is 4.22. The van der Waals surface area contributed by atoms with Gasteiger partial charge in [-0.1, -0.05) is 35.9 Å². The van der Waals surface area contributed by atoms with Crippen molar-refractivity contribution >= 4 is 17.4 Å². The number of hydrogen-bond acceptors (Lipinski definition) is 5. The molecule has 7 heteroatoms. The maximum atomic E-state index is 12.7. The number of nitrogens with one attached hydrogen (secondary N) is 1. The second-order valence-electron chi connectivity index (χ2n) is 6.21. The van der Waals surface area contributed by atoms with Crippen LogP contribution in [0, 0.1) is 13.8 Å². The molecule has 0 radical (unpaired) electrons. The summed E-state index contributed by atoms with van der Waals surface area (Å²) in [5.41, 5.74) is 2.66. The van der Waals surface area contributed by atoms with Crippen molar-refractivity contribution in [1.82, 2.24) is 14.6 Å². The molecule has 0 saturated heterocycles. The average Bonchev–Trinajstić information content (AvgIpc) is 3.10. The Balaban J connectivity index is 1.70. The van der Waals surface area contributed by atoms with Crippen molar-refractivity contribution < 1.29 is 9.21 Å². The standard InChI is InChI=1S/C20H16N4O3/c1-12-7-9-14(10-8-12)18-23-24-19(26)16(11-21-20(24)27-18)22-17(25)15-6-4-3-5-13(15)2/h3-11H,1-2H3,(H,22,25). The SMILES string of the molecule is Cc1ccc(-c2nn3c(=O)c(NC(=O)c4ccccc4C)cnc3o2)cc1. The lowest BCUT2D eigenvalue weighted by Crippen LogP contribution is -2.23. The van der Waals surface area contributed by atoms with Crippen molar-refractivity contribution in [2.75, 3.05) is 5.32 Å². The van der Waals surface area contributed by atoms with E-state index >= 15 is 0 Å². The second kappa shape index (κ2) is 6.53. The van der Waals surface area contributed by atoms with Gasteiger partial charge < -0.3 is 9.73 Å². The van der Waals surface area contributed by atoms with Gasteiger partial charge in [0.2, 0.25) is 5.89 Å². The van der Waals surface area contributed by atoms with Gasteiger partial charge in [-0.3, -0.25) is 9.59 Å². The Hall–Kier alpha value is -3.74. The largest absolute Gasteiger partial charge is 0.403 e. The maximum absolute atomic E-state index is 12.7. The normalized spacial score (nSPS) is 10.9. The van der Waals surface area contributed by atoms with E-state index in [0.717, 1.165) is 21.2 Å². The van der Waals surface area contributed by atoms with Gasteiger partial charge in [-0.05, 0) is 37.6 Å². The van der Waals surface area contributed by atoms with E-state index in [-0.39, 0.29) is 23.3 Å². The molecule has 0 bridgehead atoms. The lowest BCUT2D eigenvalue weighted by Gasteiger charge is -2.06. The van der Waals surface area contributed by atoms with Crippen molar-refractivity contribution in [3.8, 4) is 11.5 Å². The molecule has 0 fully saturated rings. The minimum absolute atomic E-state index is 0.0320. The van der Waals surface area contributed by atoms with Crippen molar-refractivity contribution in [2.24, 2.45) is 0 Å². The fraction of sp³-hybridized carbons (Fsp3) is 0.100. The highest BCUT2D eigenvalue weighted by Crippen LogP contribution is 2.19. The van der Waals surface area contributed by atoms with Gasteiger partial charge in [0.05, 0.1) is 6.20 Å². The zero-order chi connectivity index (χ0) is 19.0. The van der Waals surface area contributed by atoms with Crippen LogP contribution in [-0.2, 0) is 0 Å². The van der Waals surface area contributed by atoms with Crippen LogP contribution < -0.4 is 10.9 Å². The van der Waals surface area contributed by atoms with Crippen molar-refractivity contribution in [3.63, 3.8) is 0 Å². The maximum Gasteiger partial charge on any atom is 0.328 e. The molecule has 0 aliphatic heterocycles. The lowest BCUT2D eigenvalue weighted by molar-refractivity contribution is 0.102. The number of nitrogens with zero attached hydrogens (tertiary/aromatic N) is 3. The molecule has 27 heavy (non-hydrogen) atoms. The number of carbonyl (C=O) groups is 1. The predicted molar refractivity (Wildman–Crippen MR) is 101 cm³/mol. The minimum atomic E-state index is -0.510. The highest BCUT2D eigenvalue weighted by molar-refractivity contribution is 6.05. The molecule has 0 atom stereocenters. The van der Waals surface area contributed by atoms with E-state index in [1.165, 1.54) is 6.20 Å². The summed E-state index contributed by atoms with van der Waals surface area (Å²) in [5, 5.41) is 6.79. The Morgan fingerprint density at radius 2 is 1.81 bits per heavy atom. The first-order chi connectivity index (χ1) is 13.0. The molecule has 1 amide bonds. The summed E-state index contributed by atoms with van der Waals surface area (Å²) in [4.78, 5) is 29.2. The van der Waals surface area contributed by atoms with Crippen molar-refractivity contribution in [3.05, 3.63) is 81.8 Å². The molecule has 2 aromatic heterocycles. The van der Waals surface area contributed by atoms with E-state index in [1.54, 1.807) is 12.1 Å². The molecule has 2 aromatic carbocycles. The van der Waals surface area contributed by atoms with Gasteiger partial charge in [0.25, 0.3) is 5.91 Å². The van der Waals surface area contributed by atoms with Crippen LogP contribution in [-0.4, -0.2) is 20.5 Å². The van der Waals surface area contributed by atoms with Crippen LogP contribution >= 0.6 is 0 Å². The third-order valence-corrected chi connectivity index (χ3v) is 4.22. The van der Waals surface area contributed by atoms with Gasteiger partial charge in [-0.25, -0.2) is 4.98 Å². The number of rotatable bonds is 3. The monoisotopic (exact) mass is 360 g/mol. The second-order valence-corrected chi connectivity index (χ2v) is 6.21. The molecule has 4 rings (SSSR count). The molecular formula is C20H16N4O3. The summed E-state index contributed by atoms with van der Waals surface area (Å²) in [6, 6.07) is 14.7. The molecule has 134 valence electrons. The molecule has 1 N–H and O–H groups in total. The van der Waals surface area contributed by atoms with E-state index in [1.807, 2.05) is 50.2 Å². The number of fused-ring (bicyclic) bond motifs is 1. The van der Waals surface area contributed by atoms with Gasteiger partial charge >= 0.3 is 11.4 Å². The number of aryl methyl sites for hydroxylation is 2. The van der Waals surface area contributed by atoms with Gasteiger partial charge in [0, 0.05) is 11.1 Å². The van der Waals surface area contributed by atoms with Gasteiger partial charge in [0.15, 0.2) is 0 Å². The van der Waals surface area contributed by atoms with E-state index in [4.69, 9.17) is 4.42 Å². The van der Waals surface area contributed by atoms with Crippen molar-refractivity contribution in [2.45, 2.75) is 13.8 Å². The van der Waals surface area contributed by atoms with Gasteiger partial charge in [-0.15, -0.1) is 9.61 Å². The number of benzene rings is 2. The van der Waals surface area contributed by atoms with E-state index in [0.29, 0.717) is 5.56 Å². The lowest BCUT2D eigenvalue weighted by atomic mass is 10.1. The molecular weight excluding hydrogens is 344 g/mol. The summed E-state index contributed by atoms with van der Waals surface area (Å²) in [6.07, 6.45) is 1.28. The summed E-state index contributed by atoms with van der Waals surface area (Å²) in [6.45, 7) is 3.81. The molecule has 7 nitrogen and oxygen atoms in total. The van der Waals surface area contributed by atoms with Crippen LogP contribution in [0.4, 0.5) is 5.69 Å². The first-order valence-electron chi connectivity index (χ1n) is 8.36. The molecule has 0 saturated carbocycles. The Morgan fingerprint density at radius 3 is 2.56 bits per heavy atom. The molecule has 0 aliphatic rings. The van der Waals surface area contributed by atoms with E-state index in [2.05, 4.69) is 15.4 Å². The van der Waals surface area contributed by atoms with Gasteiger partial charge in [-0.2, -0.15) is 0 Å². The Kier molecular flexibility index (Phi) is 4.04. The molecule has 4 aromatic rings. The van der Waals surface area contributed by atoms with Crippen LogP contribution in [0.5, 0.6) is 0 Å². The Labute approximate surface area is 154 Å². The van der Waals surface area contributed by atoms with Crippen LogP contribution in [0.2, 0.25) is 0 Å². The zero-order valence-electron chi connectivity index (χ0n) is 14.8. The predicted octanol–water partition coefficient (Wildman–Crippen LogP) is 3.22. The number of anilines is 1. The molecule has 0 unspecified atom stereocenters. The minimum Gasteiger partial charge on any atom is -0.403 e. The molecule has 0 spiro atoms. The van der Waals surface area contributed by atoms with Crippen LogP contribution in [0.3, 0.4) is 0 Å². The first kappa shape index (κ1) is 16.7. The van der Waals surface area contributed by atoms with E-state index < -0.39 is 5.56 Å². The number of aromatic nitrogens is 3. The summed E-state index contributed by atoms with van der Waals surface area (Å²) in [5.74, 6) is -0.0411. The van der Waals surface area contributed by atoms with Crippen molar-refractivity contribution in [1.29, 1.82) is 0 Å². The Bertz CT molecular complexity index is 1210. The zero-order valence-corrected chi connectivity index (χ0v) is 14.8. The number of hydrogen-bond donors (Lipinski definition) is 1. The number of carbonyl (C=O) groups excluding carboxylic acids is 1. The van der Waals surface area contributed by atoms with Crippen LogP contribution in [0.1, 0.15) is 21.5 Å². The third kappa shape index (κ3) is 3.10. The highest BCUT2D eigenvalue weighted by atomic mass is 16.4. The highest BCUT2D eigenvalue weighted by Gasteiger charge is 2.16. The van der Waals surface area contributed by atoms with Gasteiger partial charge in [0.1, 0.15) is 5.69 Å². The van der Waals surface area contributed by atoms with Crippen LogP contribution in [0.25, 0.3) is 17.3 Å². The Morgan fingerprint density at radius 1 is 1.07 bits per heavy atom. The quantitative estimate of drug-likeness (QED) is 0.606. The summed E-state index contributed by atoms with van der Waals surface area (Å²) in [7, 11) is 0. The van der Waals surface area contributed by atoms with E-state index in [9.17, 15) is 9.59 Å². The molecule has 2 heterocycles. The average molecular weight is 360 g/mol. The summed E-state index contributed by atoms with van der Waals surface area (Å²) < 4.78 is 6.61. The number of amides is 1. The smallest absolute Gasteiger partial charge is 0.328 e. The fourth-order valence-electron chi connectivity index (χ4n) is 2.70. The summed E-state index contributed by atoms with van der Waals surface area (Å²) >= 11 is 0. The fourth-order valence-corrected chi connectivity index (χ4v) is 2.70. The molecule has 0 aliphatic carbocycles. The van der Waals surface area contributed by atoms with Crippen LogP contribution in [0.15, 0.2) is 63.9 Å². The first-order valence-corrected chi connectivity index (χ1v) is 8.36.